The van der Waals surface area contributed by atoms with Gasteiger partial charge in [-0.05, 0) is 109 Å². The highest BCUT2D eigenvalue weighted by Crippen LogP contribution is 2.38. The average Bonchev–Trinajstić information content (AvgIpc) is 0.764. The van der Waals surface area contributed by atoms with E-state index in [0.717, 1.165) is 0 Å². The summed E-state index contributed by atoms with van der Waals surface area (Å²) in [5, 5.41) is 38.6. The number of amides is 3. The number of halogens is 4. The first-order valence-corrected chi connectivity index (χ1v) is 31.3. The topological polar surface area (TPSA) is 266 Å². The molecule has 97 heavy (non-hydrogen) atoms. The van der Waals surface area contributed by atoms with E-state index in [1.54, 1.807) is 158 Å². The molecule has 13 rings (SSSR count). The summed E-state index contributed by atoms with van der Waals surface area (Å²) in [6.45, 7) is 4.28. The van der Waals surface area contributed by atoms with Gasteiger partial charge in [0.25, 0.3) is 17.7 Å². The van der Waals surface area contributed by atoms with Gasteiger partial charge in [-0.25, -0.2) is 8.78 Å². The van der Waals surface area contributed by atoms with Crippen LogP contribution in [0.1, 0.15) is 36.6 Å². The fourth-order valence-electron chi connectivity index (χ4n) is 12.4. The molecule has 0 radical (unpaired) electrons. The fourth-order valence-corrected chi connectivity index (χ4v) is 12.7. The van der Waals surface area contributed by atoms with E-state index in [0.29, 0.717) is 149 Å². The van der Waals surface area contributed by atoms with Gasteiger partial charge in [0, 0.05) is 136 Å². The summed E-state index contributed by atoms with van der Waals surface area (Å²) in [7, 11) is 3.05. The molecule has 3 aliphatic heterocycles. The van der Waals surface area contributed by atoms with Crippen molar-refractivity contribution in [2.24, 2.45) is 14.1 Å². The molecule has 0 N–H and O–H groups in total. The summed E-state index contributed by atoms with van der Waals surface area (Å²) >= 11 is 11.8. The minimum absolute atomic E-state index is 0.0596. The molecule has 3 amide bonds. The van der Waals surface area contributed by atoms with Crippen LogP contribution in [0.3, 0.4) is 0 Å². The monoisotopic (exact) mass is 1360 g/mol. The second kappa shape index (κ2) is 28.7. The maximum absolute atomic E-state index is 13.5. The Morgan fingerprint density at radius 2 is 0.670 bits per heavy atom. The second-order valence-corrected chi connectivity index (χ2v) is 23.9. The standard InChI is InChI=1S/C27H22ClFN4O4.C21H19ClN4O4.C21H19FN4O4/c28-20-9-7-19(8-10-20)26(34)31-15-13-30(14-16-31)24-22-3-1-2-4-23(22)32(27(35)25(24)33(36)37)17-18-5-11-21(29)12-6-18;2*1-23-17-5-3-2-4-16(17)18(19(21(23)28)26(29)30)24-10-12-25(13-11-24)20(27)14-6-8-15(22)9-7-14/h1-12H,13-17H2;2*2-9H,10-13H2,1H3. The molecule has 0 unspecified atom stereocenters. The highest BCUT2D eigenvalue weighted by atomic mass is 35.5. The Kier molecular flexibility index (Phi) is 19.8. The normalized spacial score (nSPS) is 14.0. The summed E-state index contributed by atoms with van der Waals surface area (Å²) < 4.78 is 30.4. The zero-order chi connectivity index (χ0) is 68.9. The van der Waals surface area contributed by atoms with E-state index < -0.39 is 60.1 Å². The van der Waals surface area contributed by atoms with Gasteiger partial charge in [0.15, 0.2) is 0 Å². The van der Waals surface area contributed by atoms with Crippen molar-refractivity contribution in [2.75, 3.05) is 93.2 Å². The van der Waals surface area contributed by atoms with Crippen LogP contribution in [0, 0.1) is 42.0 Å². The largest absolute Gasteiger partial charge is 0.362 e. The number of aromatic nitrogens is 3. The highest BCUT2D eigenvalue weighted by molar-refractivity contribution is 6.31. The summed E-state index contributed by atoms with van der Waals surface area (Å²) in [5.74, 6) is -1.31. The molecule has 6 heterocycles. The summed E-state index contributed by atoms with van der Waals surface area (Å²) in [6.07, 6.45) is 0. The van der Waals surface area contributed by atoms with Crippen LogP contribution in [0.5, 0.6) is 0 Å². The van der Waals surface area contributed by atoms with Gasteiger partial charge in [-0.2, -0.15) is 0 Å². The van der Waals surface area contributed by atoms with Crippen LogP contribution in [-0.2, 0) is 20.6 Å². The van der Waals surface area contributed by atoms with Gasteiger partial charge in [0.1, 0.15) is 28.7 Å². The molecular weight excluding hydrogens is 1300 g/mol. The number of piperazine rings is 3. The predicted molar refractivity (Wildman–Crippen MR) is 366 cm³/mol. The van der Waals surface area contributed by atoms with E-state index in [4.69, 9.17) is 23.2 Å². The number of carbonyl (C=O) groups is 3. The Labute approximate surface area is 560 Å². The Morgan fingerprint density at radius 1 is 0.392 bits per heavy atom. The van der Waals surface area contributed by atoms with Crippen molar-refractivity contribution in [3.8, 4) is 0 Å². The SMILES string of the molecule is Cn1c(=O)c([N+](=O)[O-])c(N2CCN(C(=O)c3ccc(Cl)cc3)CC2)c2ccccc21.Cn1c(=O)c([N+](=O)[O-])c(N2CCN(C(=O)c3ccc(F)cc3)CC2)c2ccccc21.O=C(c1ccc(Cl)cc1)N1CCN(c2c([N+](=O)[O-])c(=O)n(Cc3ccc(F)cc3)c3ccccc23)CC1. The lowest BCUT2D eigenvalue weighted by molar-refractivity contribution is -0.385. The number of nitrogens with zero attached hydrogens (tertiary/aromatic N) is 12. The maximum Gasteiger partial charge on any atom is 0.357 e. The van der Waals surface area contributed by atoms with Crippen LogP contribution in [0.2, 0.25) is 10.0 Å². The van der Waals surface area contributed by atoms with Gasteiger partial charge >= 0.3 is 33.7 Å². The number of aryl methyl sites for hydroxylation is 2. The van der Waals surface area contributed by atoms with Crippen LogP contribution >= 0.6 is 23.2 Å². The molecule has 0 bridgehead atoms. The molecule has 0 atom stereocenters. The van der Waals surface area contributed by atoms with E-state index in [1.165, 1.54) is 64.2 Å². The lowest BCUT2D eigenvalue weighted by Crippen LogP contribution is -2.49. The first-order valence-electron chi connectivity index (χ1n) is 30.6. The van der Waals surface area contributed by atoms with Gasteiger partial charge in [0.2, 0.25) is 0 Å². The first kappa shape index (κ1) is 67.1. The van der Waals surface area contributed by atoms with Gasteiger partial charge in [-0.1, -0.05) is 89.9 Å². The fraction of sp³-hybridized carbons (Fsp3) is 0.217. The third kappa shape index (κ3) is 13.9. The summed E-state index contributed by atoms with van der Waals surface area (Å²) in [5.41, 5.74) is 1.24. The minimum atomic E-state index is -0.734. The Balaban J connectivity index is 0.000000149. The molecule has 0 aliphatic carbocycles. The number of nitro groups is 3. The predicted octanol–water partition coefficient (Wildman–Crippen LogP) is 10.3. The Hall–Kier alpha value is -11.4. The zero-order valence-electron chi connectivity index (χ0n) is 52.1. The van der Waals surface area contributed by atoms with Gasteiger partial charge in [-0.3, -0.25) is 63.7 Å². The van der Waals surface area contributed by atoms with Gasteiger partial charge in [0.05, 0.1) is 37.9 Å². The number of hydrogen-bond acceptors (Lipinski definition) is 15. The van der Waals surface area contributed by atoms with Crippen LogP contribution in [0.15, 0.2) is 184 Å². The molecule has 0 saturated carbocycles. The number of anilines is 3. The highest BCUT2D eigenvalue weighted by Gasteiger charge is 2.36. The van der Waals surface area contributed by atoms with Crippen molar-refractivity contribution in [1.82, 2.24) is 28.4 Å². The Bertz CT molecular complexity index is 4730. The van der Waals surface area contributed by atoms with Gasteiger partial charge < -0.3 is 38.5 Å². The molecule has 10 aromatic rings. The maximum atomic E-state index is 13.5. The number of rotatable bonds is 11. The van der Waals surface area contributed by atoms with E-state index in [-0.39, 0.29) is 35.6 Å². The molecule has 3 fully saturated rings. The van der Waals surface area contributed by atoms with Gasteiger partial charge in [-0.15, -0.1) is 0 Å². The van der Waals surface area contributed by atoms with E-state index >= 15 is 0 Å². The molecule has 28 heteroatoms. The molecule has 3 aliphatic rings. The summed E-state index contributed by atoms with van der Waals surface area (Å²) in [6, 6.07) is 45.5. The number of pyridine rings is 3. The third-order valence-electron chi connectivity index (χ3n) is 17.4. The lowest BCUT2D eigenvalue weighted by Gasteiger charge is -2.36. The number of benzene rings is 7. The van der Waals surface area contributed by atoms with Crippen LogP contribution in [0.25, 0.3) is 32.7 Å². The lowest BCUT2D eigenvalue weighted by atomic mass is 10.1. The van der Waals surface area contributed by atoms with Crippen LogP contribution in [-0.4, -0.2) is 139 Å². The number of para-hydroxylation sites is 3. The van der Waals surface area contributed by atoms with E-state index in [9.17, 15) is 67.9 Å². The quantitative estimate of drug-likeness (QED) is 0.0861. The zero-order valence-corrected chi connectivity index (χ0v) is 53.6. The smallest absolute Gasteiger partial charge is 0.357 e. The Morgan fingerprint density at radius 3 is 1.00 bits per heavy atom. The molecular formula is C69H60Cl2F2N12O12. The molecule has 3 saturated heterocycles. The van der Waals surface area contributed by atoms with Crippen molar-refractivity contribution in [1.29, 1.82) is 0 Å². The number of carbonyl (C=O) groups excluding carboxylic acids is 3. The van der Waals surface area contributed by atoms with Crippen molar-refractivity contribution < 1.29 is 37.9 Å². The van der Waals surface area contributed by atoms with E-state index in [1.807, 2.05) is 4.90 Å². The minimum Gasteiger partial charge on any atom is -0.362 e. The molecule has 496 valence electrons. The third-order valence-corrected chi connectivity index (χ3v) is 17.9. The van der Waals surface area contributed by atoms with Crippen molar-refractivity contribution >= 4 is 108 Å². The molecule has 0 spiro atoms. The van der Waals surface area contributed by atoms with Crippen molar-refractivity contribution in [3.63, 3.8) is 0 Å². The number of fused-ring (bicyclic) bond motifs is 3. The average molecular weight is 1360 g/mol. The molecule has 7 aromatic carbocycles. The van der Waals surface area contributed by atoms with Crippen molar-refractivity contribution in [3.05, 3.63) is 275 Å². The van der Waals surface area contributed by atoms with Crippen molar-refractivity contribution in [2.45, 2.75) is 6.54 Å². The number of hydrogen-bond donors (Lipinski definition) is 0. The van der Waals surface area contributed by atoms with E-state index in [2.05, 4.69) is 0 Å². The van der Waals surface area contributed by atoms with Crippen LogP contribution < -0.4 is 31.4 Å². The van der Waals surface area contributed by atoms with Crippen LogP contribution in [0.4, 0.5) is 42.9 Å². The summed E-state index contributed by atoms with van der Waals surface area (Å²) in [4.78, 5) is 121. The first-order chi connectivity index (χ1) is 46.6. The molecule has 3 aromatic heterocycles. The molecule has 24 nitrogen and oxygen atoms in total. The second-order valence-electron chi connectivity index (χ2n) is 23.0.